The molecule has 3 rings (SSSR count). The highest BCUT2D eigenvalue weighted by Gasteiger charge is 2.40. The van der Waals surface area contributed by atoms with Crippen LogP contribution in [0.5, 0.6) is 0 Å². The number of benzene rings is 1. The van der Waals surface area contributed by atoms with Gasteiger partial charge < -0.3 is 15.5 Å². The molecule has 7 heteroatoms. The van der Waals surface area contributed by atoms with Crippen molar-refractivity contribution >= 4 is 35.0 Å². The molecule has 1 aromatic carbocycles. The summed E-state index contributed by atoms with van der Waals surface area (Å²) in [4.78, 5) is 38.0. The molecule has 1 aromatic rings. The van der Waals surface area contributed by atoms with Crippen molar-refractivity contribution in [1.82, 2.24) is 10.2 Å². The largest absolute Gasteiger partial charge is 0.356 e. The Labute approximate surface area is 158 Å². The third-order valence-electron chi connectivity index (χ3n) is 5.62. The minimum absolute atomic E-state index is 0.0888. The summed E-state index contributed by atoms with van der Waals surface area (Å²) in [7, 11) is 1.75. The van der Waals surface area contributed by atoms with E-state index in [1.807, 2.05) is 6.92 Å². The molecule has 2 aliphatic rings. The van der Waals surface area contributed by atoms with Gasteiger partial charge in [0.15, 0.2) is 0 Å². The number of piperidine rings is 1. The molecule has 1 aliphatic heterocycles. The number of nitrogens with one attached hydrogen (secondary N) is 2. The summed E-state index contributed by atoms with van der Waals surface area (Å²) in [6.45, 7) is 2.51. The molecule has 140 valence electrons. The highest BCUT2D eigenvalue weighted by Crippen LogP contribution is 2.38. The first kappa shape index (κ1) is 18.7. The van der Waals surface area contributed by atoms with Gasteiger partial charge in [0.2, 0.25) is 17.7 Å². The van der Waals surface area contributed by atoms with Crippen molar-refractivity contribution in [2.75, 3.05) is 18.9 Å². The van der Waals surface area contributed by atoms with E-state index < -0.39 is 0 Å². The third-order valence-corrected chi connectivity index (χ3v) is 6.03. The molecule has 0 unspecified atom stereocenters. The lowest BCUT2D eigenvalue weighted by Crippen LogP contribution is -2.38. The highest BCUT2D eigenvalue weighted by molar-refractivity contribution is 6.31. The van der Waals surface area contributed by atoms with Crippen molar-refractivity contribution in [3.63, 3.8) is 0 Å². The van der Waals surface area contributed by atoms with Crippen LogP contribution in [-0.4, -0.2) is 42.3 Å². The minimum Gasteiger partial charge on any atom is -0.356 e. The first-order chi connectivity index (χ1) is 12.3. The van der Waals surface area contributed by atoms with Crippen molar-refractivity contribution in [1.29, 1.82) is 0 Å². The molecule has 0 aromatic heterocycles. The first-order valence-electron chi connectivity index (χ1n) is 8.92. The zero-order valence-corrected chi connectivity index (χ0v) is 15.8. The SMILES string of the molecule is Cc1c(Cl)cccc1NC(=O)CC(=O)N(C)[C@H]1C[C@H]2CNC(=O)C[C@H]2C1. The number of nitrogens with zero attached hydrogens (tertiary/aromatic N) is 1. The standard InChI is InChI=1S/C19H24ClN3O3/c1-11-15(20)4-3-5-16(11)22-18(25)9-19(26)23(2)14-6-12-8-17(24)21-10-13(12)7-14/h3-5,12-14H,6-10H2,1-2H3,(H,21,24)(H,22,25)/t12-,13+,14-/m1/s1. The summed E-state index contributed by atoms with van der Waals surface area (Å²) in [6, 6.07) is 5.36. The lowest BCUT2D eigenvalue weighted by molar-refractivity contribution is -0.135. The Balaban J connectivity index is 1.55. The normalized spacial score (nSPS) is 24.6. The number of carbonyl (C=O) groups excluding carboxylic acids is 3. The number of halogens is 1. The quantitative estimate of drug-likeness (QED) is 0.790. The van der Waals surface area contributed by atoms with Crippen LogP contribution in [0.25, 0.3) is 0 Å². The molecule has 3 amide bonds. The van der Waals surface area contributed by atoms with Crippen molar-refractivity contribution in [3.8, 4) is 0 Å². The molecule has 1 heterocycles. The summed E-state index contributed by atoms with van der Waals surface area (Å²) in [5.41, 5.74) is 1.40. The van der Waals surface area contributed by atoms with E-state index in [2.05, 4.69) is 10.6 Å². The monoisotopic (exact) mass is 377 g/mol. The van der Waals surface area contributed by atoms with Gasteiger partial charge in [0.1, 0.15) is 6.42 Å². The van der Waals surface area contributed by atoms with Gasteiger partial charge in [-0.25, -0.2) is 0 Å². The average Bonchev–Trinajstić information content (AvgIpc) is 3.01. The maximum Gasteiger partial charge on any atom is 0.233 e. The van der Waals surface area contributed by atoms with Gasteiger partial charge >= 0.3 is 0 Å². The van der Waals surface area contributed by atoms with Crippen LogP contribution in [0, 0.1) is 18.8 Å². The molecule has 0 bridgehead atoms. The fourth-order valence-corrected chi connectivity index (χ4v) is 4.13. The Morgan fingerprint density at radius 3 is 2.81 bits per heavy atom. The van der Waals surface area contributed by atoms with E-state index in [-0.39, 0.29) is 30.2 Å². The van der Waals surface area contributed by atoms with E-state index in [0.717, 1.165) is 18.4 Å². The van der Waals surface area contributed by atoms with Gasteiger partial charge in [0.05, 0.1) is 0 Å². The van der Waals surface area contributed by atoms with E-state index in [0.29, 0.717) is 35.5 Å². The van der Waals surface area contributed by atoms with E-state index >= 15 is 0 Å². The molecule has 2 fully saturated rings. The maximum atomic E-state index is 12.5. The predicted molar refractivity (Wildman–Crippen MR) is 99.8 cm³/mol. The van der Waals surface area contributed by atoms with Gasteiger partial charge in [0.25, 0.3) is 0 Å². The number of hydrogen-bond donors (Lipinski definition) is 2. The molecule has 1 aliphatic carbocycles. The van der Waals surface area contributed by atoms with Gasteiger partial charge in [-0.15, -0.1) is 0 Å². The zero-order valence-electron chi connectivity index (χ0n) is 15.0. The van der Waals surface area contributed by atoms with Crippen LogP contribution in [-0.2, 0) is 14.4 Å². The molecular weight excluding hydrogens is 354 g/mol. The van der Waals surface area contributed by atoms with Gasteiger partial charge in [-0.05, 0) is 49.3 Å². The molecule has 3 atom stereocenters. The van der Waals surface area contributed by atoms with E-state index in [1.165, 1.54) is 0 Å². The van der Waals surface area contributed by atoms with Crippen molar-refractivity contribution in [2.24, 2.45) is 11.8 Å². The molecule has 26 heavy (non-hydrogen) atoms. The Hall–Kier alpha value is -2.08. The molecule has 0 radical (unpaired) electrons. The molecule has 2 N–H and O–H groups in total. The second-order valence-corrected chi connectivity index (χ2v) is 7.70. The Kier molecular flexibility index (Phi) is 5.51. The fourth-order valence-electron chi connectivity index (χ4n) is 3.95. The summed E-state index contributed by atoms with van der Waals surface area (Å²) in [6.07, 6.45) is 2.04. The molecule has 1 saturated carbocycles. The minimum atomic E-state index is -0.348. The van der Waals surface area contributed by atoms with Crippen LogP contribution in [0.3, 0.4) is 0 Å². The van der Waals surface area contributed by atoms with E-state index in [9.17, 15) is 14.4 Å². The van der Waals surface area contributed by atoms with Crippen molar-refractivity contribution in [2.45, 2.75) is 38.6 Å². The van der Waals surface area contributed by atoms with Crippen LogP contribution in [0.4, 0.5) is 5.69 Å². The highest BCUT2D eigenvalue weighted by atomic mass is 35.5. The maximum absolute atomic E-state index is 12.5. The second-order valence-electron chi connectivity index (χ2n) is 7.30. The van der Waals surface area contributed by atoms with Gasteiger partial charge in [-0.2, -0.15) is 0 Å². The number of hydrogen-bond acceptors (Lipinski definition) is 3. The van der Waals surface area contributed by atoms with Crippen molar-refractivity contribution in [3.05, 3.63) is 28.8 Å². The van der Waals surface area contributed by atoms with Crippen LogP contribution >= 0.6 is 11.6 Å². The second kappa shape index (κ2) is 7.66. The van der Waals surface area contributed by atoms with Crippen molar-refractivity contribution < 1.29 is 14.4 Å². The van der Waals surface area contributed by atoms with Gasteiger partial charge in [-0.3, -0.25) is 14.4 Å². The Bertz CT molecular complexity index is 737. The summed E-state index contributed by atoms with van der Waals surface area (Å²) >= 11 is 6.05. The Morgan fingerprint density at radius 1 is 1.31 bits per heavy atom. The van der Waals surface area contributed by atoms with Crippen LogP contribution in [0.15, 0.2) is 18.2 Å². The predicted octanol–water partition coefficient (Wildman–Crippen LogP) is 2.35. The number of amides is 3. The number of carbonyl (C=O) groups is 3. The summed E-state index contributed by atoms with van der Waals surface area (Å²) < 4.78 is 0. The number of fused-ring (bicyclic) bond motifs is 1. The zero-order chi connectivity index (χ0) is 18.8. The molecule has 0 spiro atoms. The molecule has 1 saturated heterocycles. The summed E-state index contributed by atoms with van der Waals surface area (Å²) in [5, 5.41) is 6.22. The smallest absolute Gasteiger partial charge is 0.233 e. The number of rotatable bonds is 4. The van der Waals surface area contributed by atoms with Gasteiger partial charge in [-0.1, -0.05) is 17.7 Å². The van der Waals surface area contributed by atoms with Crippen LogP contribution in [0.2, 0.25) is 5.02 Å². The number of anilines is 1. The van der Waals surface area contributed by atoms with Crippen LogP contribution < -0.4 is 10.6 Å². The van der Waals surface area contributed by atoms with Crippen LogP contribution in [0.1, 0.15) is 31.2 Å². The Morgan fingerprint density at radius 2 is 2.04 bits per heavy atom. The fraction of sp³-hybridized carbons (Fsp3) is 0.526. The topological polar surface area (TPSA) is 78.5 Å². The first-order valence-corrected chi connectivity index (χ1v) is 9.30. The van der Waals surface area contributed by atoms with E-state index in [4.69, 9.17) is 11.6 Å². The molecule has 6 nitrogen and oxygen atoms in total. The molecular formula is C19H24ClN3O3. The average molecular weight is 378 g/mol. The van der Waals surface area contributed by atoms with E-state index in [1.54, 1.807) is 30.1 Å². The lowest BCUT2D eigenvalue weighted by atomic mass is 9.89. The van der Waals surface area contributed by atoms with Gasteiger partial charge in [0, 0.05) is 36.8 Å². The summed E-state index contributed by atoms with van der Waals surface area (Å²) in [5.74, 6) is 0.310. The lowest BCUT2D eigenvalue weighted by Gasteiger charge is -2.24. The third kappa shape index (κ3) is 4.01.